The summed E-state index contributed by atoms with van der Waals surface area (Å²) in [4.78, 5) is 45.3. The molecule has 1 unspecified atom stereocenters. The molecule has 2 aliphatic heterocycles. The molecule has 2 aromatic carbocycles. The first-order chi connectivity index (χ1) is 17.7. The molecule has 0 radical (unpaired) electrons. The topological polar surface area (TPSA) is 94.4 Å². The molecule has 1 aromatic heterocycles. The van der Waals surface area contributed by atoms with Gasteiger partial charge in [0, 0.05) is 55.6 Å². The van der Waals surface area contributed by atoms with Crippen LogP contribution in [0.2, 0.25) is 0 Å². The summed E-state index contributed by atoms with van der Waals surface area (Å²) >= 11 is 0. The summed E-state index contributed by atoms with van der Waals surface area (Å²) in [7, 11) is 1.78. The Bertz CT molecular complexity index is 1480. The number of carbonyl (C=O) groups is 3. The quantitative estimate of drug-likeness (QED) is 0.478. The molecule has 1 fully saturated rings. The van der Waals surface area contributed by atoms with Gasteiger partial charge in [0.1, 0.15) is 11.7 Å². The number of anilines is 1. The van der Waals surface area contributed by atoms with E-state index in [9.17, 15) is 24.0 Å². The number of nitriles is 1. The Morgan fingerprint density at radius 3 is 2.68 bits per heavy atom. The van der Waals surface area contributed by atoms with E-state index >= 15 is 0 Å². The zero-order valence-electron chi connectivity index (χ0n) is 20.8. The molecule has 2 atom stereocenters. The lowest BCUT2D eigenvalue weighted by Gasteiger charge is -2.26. The van der Waals surface area contributed by atoms with Gasteiger partial charge in [0.2, 0.25) is 11.8 Å². The van der Waals surface area contributed by atoms with E-state index < -0.39 is 17.6 Å². The fraction of sp³-hybridized carbons (Fsp3) is 0.345. The van der Waals surface area contributed by atoms with Crippen molar-refractivity contribution < 1.29 is 18.8 Å². The molecular weight excluding hydrogens is 471 g/mol. The number of carbonyl (C=O) groups excluding carboxylic acids is 3. The minimum atomic E-state index is -1.60. The summed E-state index contributed by atoms with van der Waals surface area (Å²) in [6.45, 7) is 1.25. The van der Waals surface area contributed by atoms with Crippen LogP contribution in [0.3, 0.4) is 0 Å². The van der Waals surface area contributed by atoms with Gasteiger partial charge in [-0.1, -0.05) is 12.1 Å². The molecule has 37 heavy (non-hydrogen) atoms. The maximum atomic E-state index is 14.4. The SMILES string of the molecule is CN1C(=O)CCc2cc(-c3ccc4nccc(C(=O)CCC(=O)N5CC(C)(F)C[C@H]5C#N)c4c3)ccc21. The number of Topliss-reactive ketones (excluding diaryl/α,β-unsaturated/α-hetero) is 1. The van der Waals surface area contributed by atoms with Crippen LogP contribution < -0.4 is 4.90 Å². The van der Waals surface area contributed by atoms with Crippen LogP contribution in [0.25, 0.3) is 22.0 Å². The number of amides is 2. The van der Waals surface area contributed by atoms with Crippen LogP contribution in [-0.4, -0.2) is 52.8 Å². The van der Waals surface area contributed by atoms with Gasteiger partial charge in [-0.3, -0.25) is 19.4 Å². The third-order valence-electron chi connectivity index (χ3n) is 7.33. The highest BCUT2D eigenvalue weighted by Gasteiger charge is 2.43. The first kappa shape index (κ1) is 24.6. The molecule has 188 valence electrons. The van der Waals surface area contributed by atoms with Crippen molar-refractivity contribution in [3.8, 4) is 17.2 Å². The highest BCUT2D eigenvalue weighted by Crippen LogP contribution is 2.34. The third kappa shape index (κ3) is 4.69. The molecule has 5 rings (SSSR count). The molecule has 0 spiro atoms. The second-order valence-corrected chi connectivity index (χ2v) is 10.1. The zero-order valence-corrected chi connectivity index (χ0v) is 20.8. The van der Waals surface area contributed by atoms with Gasteiger partial charge >= 0.3 is 0 Å². The Kier molecular flexibility index (Phi) is 6.24. The molecule has 0 N–H and O–H groups in total. The fourth-order valence-corrected chi connectivity index (χ4v) is 5.32. The lowest BCUT2D eigenvalue weighted by Crippen LogP contribution is -2.36. The molecule has 1 saturated heterocycles. The Morgan fingerprint density at radius 1 is 1.14 bits per heavy atom. The van der Waals surface area contributed by atoms with Crippen molar-refractivity contribution in [2.75, 3.05) is 18.5 Å². The number of hydrogen-bond donors (Lipinski definition) is 0. The normalized spacial score (nSPS) is 21.1. The summed E-state index contributed by atoms with van der Waals surface area (Å²) in [5.74, 6) is -0.498. The van der Waals surface area contributed by atoms with Gasteiger partial charge in [-0.25, -0.2) is 4.39 Å². The largest absolute Gasteiger partial charge is 0.323 e. The Labute approximate surface area is 214 Å². The molecule has 2 aliphatic rings. The first-order valence-electron chi connectivity index (χ1n) is 12.4. The minimum absolute atomic E-state index is 0.0176. The number of hydrogen-bond acceptors (Lipinski definition) is 5. The second-order valence-electron chi connectivity index (χ2n) is 10.1. The van der Waals surface area contributed by atoms with Crippen LogP contribution in [0.1, 0.15) is 48.5 Å². The lowest BCUT2D eigenvalue weighted by molar-refractivity contribution is -0.131. The van der Waals surface area contributed by atoms with Crippen molar-refractivity contribution in [1.29, 1.82) is 5.26 Å². The van der Waals surface area contributed by atoms with E-state index in [0.717, 1.165) is 22.4 Å². The number of fused-ring (bicyclic) bond motifs is 2. The van der Waals surface area contributed by atoms with E-state index in [1.165, 1.54) is 11.8 Å². The number of benzene rings is 2. The van der Waals surface area contributed by atoms with Crippen LogP contribution in [0, 0.1) is 11.3 Å². The van der Waals surface area contributed by atoms with Crippen LogP contribution in [0.15, 0.2) is 48.7 Å². The number of alkyl halides is 1. The highest BCUT2D eigenvalue weighted by molar-refractivity contribution is 6.08. The number of aromatic nitrogens is 1. The van der Waals surface area contributed by atoms with Crippen LogP contribution in [-0.2, 0) is 16.0 Å². The Hall–Kier alpha value is -4.12. The molecular formula is C29H27FN4O3. The van der Waals surface area contributed by atoms with Gasteiger partial charge in [0.25, 0.3) is 0 Å². The van der Waals surface area contributed by atoms with E-state index in [0.29, 0.717) is 29.3 Å². The smallest absolute Gasteiger partial charge is 0.227 e. The van der Waals surface area contributed by atoms with E-state index in [-0.39, 0.29) is 37.5 Å². The summed E-state index contributed by atoms with van der Waals surface area (Å²) in [5.41, 5.74) is 3.45. The van der Waals surface area contributed by atoms with E-state index in [1.54, 1.807) is 24.2 Å². The minimum Gasteiger partial charge on any atom is -0.323 e. The van der Waals surface area contributed by atoms with Crippen LogP contribution in [0.4, 0.5) is 10.1 Å². The zero-order chi connectivity index (χ0) is 26.3. The van der Waals surface area contributed by atoms with Crippen molar-refractivity contribution in [3.63, 3.8) is 0 Å². The van der Waals surface area contributed by atoms with Gasteiger partial charge in [-0.05, 0) is 60.4 Å². The summed E-state index contributed by atoms with van der Waals surface area (Å²) in [5, 5.41) is 9.99. The molecule has 0 aliphatic carbocycles. The average molecular weight is 499 g/mol. The van der Waals surface area contributed by atoms with Gasteiger partial charge in [-0.15, -0.1) is 0 Å². The summed E-state index contributed by atoms with van der Waals surface area (Å²) in [6.07, 6.45) is 2.58. The van der Waals surface area contributed by atoms with Crippen LogP contribution in [0.5, 0.6) is 0 Å². The molecule has 0 saturated carbocycles. The number of ketones is 1. The molecule has 3 aromatic rings. The maximum absolute atomic E-state index is 14.4. The summed E-state index contributed by atoms with van der Waals surface area (Å²) < 4.78 is 14.4. The molecule has 2 amide bonds. The van der Waals surface area contributed by atoms with Gasteiger partial charge in [-0.2, -0.15) is 5.26 Å². The third-order valence-corrected chi connectivity index (χ3v) is 7.33. The number of halogens is 1. The molecule has 0 bridgehead atoms. The molecule has 3 heterocycles. The van der Waals surface area contributed by atoms with Crippen molar-refractivity contribution in [3.05, 3.63) is 59.8 Å². The van der Waals surface area contributed by atoms with Gasteiger partial charge < -0.3 is 9.80 Å². The number of pyridine rings is 1. The van der Waals surface area contributed by atoms with Gasteiger partial charge in [0.15, 0.2) is 5.78 Å². The van der Waals surface area contributed by atoms with Crippen molar-refractivity contribution in [2.24, 2.45) is 0 Å². The van der Waals surface area contributed by atoms with Gasteiger partial charge in [0.05, 0.1) is 18.1 Å². The standard InChI is InChI=1S/C29H27FN4O3/c1-29(30)15-21(16-31)34(17-29)28(37)10-8-26(35)22-11-12-32-24-6-3-19(14-23(22)24)18-4-7-25-20(13-18)5-9-27(36)33(25)2/h3-4,6-7,11-14,21H,5,8-10,15,17H2,1-2H3/t21-,29?/m0/s1. The number of rotatable bonds is 5. The number of likely N-dealkylation sites (tertiary alicyclic amines) is 1. The number of aryl methyl sites for hydroxylation is 1. The number of nitrogens with zero attached hydrogens (tertiary/aromatic N) is 4. The predicted molar refractivity (Wildman–Crippen MR) is 138 cm³/mol. The van der Waals surface area contributed by atoms with E-state index in [1.807, 2.05) is 36.4 Å². The predicted octanol–water partition coefficient (Wildman–Crippen LogP) is 4.63. The average Bonchev–Trinajstić information content (AvgIpc) is 3.23. The molecule has 8 heteroatoms. The summed E-state index contributed by atoms with van der Waals surface area (Å²) in [6, 6.07) is 14.6. The van der Waals surface area contributed by atoms with Crippen molar-refractivity contribution in [2.45, 2.75) is 50.7 Å². The van der Waals surface area contributed by atoms with Crippen molar-refractivity contribution in [1.82, 2.24) is 9.88 Å². The second kappa shape index (κ2) is 9.40. The van der Waals surface area contributed by atoms with Crippen molar-refractivity contribution >= 4 is 34.2 Å². The highest BCUT2D eigenvalue weighted by atomic mass is 19.1. The Balaban J connectivity index is 1.38. The van der Waals surface area contributed by atoms with Crippen LogP contribution >= 0.6 is 0 Å². The van der Waals surface area contributed by atoms with E-state index in [4.69, 9.17) is 0 Å². The lowest BCUT2D eigenvalue weighted by atomic mass is 9.94. The first-order valence-corrected chi connectivity index (χ1v) is 12.4. The van der Waals surface area contributed by atoms with E-state index in [2.05, 4.69) is 11.1 Å². The monoisotopic (exact) mass is 498 g/mol. The Morgan fingerprint density at radius 2 is 1.89 bits per heavy atom. The fourth-order valence-electron chi connectivity index (χ4n) is 5.32. The molecule has 7 nitrogen and oxygen atoms in total. The maximum Gasteiger partial charge on any atom is 0.227 e.